The number of Topliss-reactive ketones (excluding diaryl/α,β-unsaturated/α-hetero) is 2. The Hall–Kier alpha value is -0.700. The van der Waals surface area contributed by atoms with E-state index >= 15 is 0 Å². The second-order valence-electron chi connectivity index (χ2n) is 15.4. The van der Waals surface area contributed by atoms with E-state index in [9.17, 15) is 14.7 Å². The molecule has 0 saturated heterocycles. The summed E-state index contributed by atoms with van der Waals surface area (Å²) in [6.45, 7) is 18.6. The van der Waals surface area contributed by atoms with Crippen molar-refractivity contribution in [2.24, 2.45) is 56.2 Å². The van der Waals surface area contributed by atoms with Gasteiger partial charge in [-0.1, -0.05) is 55.4 Å². The zero-order chi connectivity index (χ0) is 24.4. The van der Waals surface area contributed by atoms with Crippen LogP contribution in [0.2, 0.25) is 0 Å². The van der Waals surface area contributed by atoms with Crippen LogP contribution >= 0.6 is 0 Å². The molecule has 0 spiro atoms. The van der Waals surface area contributed by atoms with Crippen LogP contribution in [-0.2, 0) is 9.59 Å². The van der Waals surface area contributed by atoms with E-state index in [1.54, 1.807) is 0 Å². The summed E-state index contributed by atoms with van der Waals surface area (Å²) in [7, 11) is 0. The van der Waals surface area contributed by atoms with Crippen LogP contribution in [0, 0.1) is 56.2 Å². The number of rotatable bonds is 0. The maximum absolute atomic E-state index is 14.2. The second kappa shape index (κ2) is 6.74. The van der Waals surface area contributed by atoms with Crippen molar-refractivity contribution in [3.05, 3.63) is 0 Å². The monoisotopic (exact) mass is 456 g/mol. The van der Waals surface area contributed by atoms with Gasteiger partial charge in [0.25, 0.3) is 0 Å². The normalized spacial score (nSPS) is 58.0. The summed E-state index contributed by atoms with van der Waals surface area (Å²) in [6.07, 6.45) is 8.23. The lowest BCUT2D eigenvalue weighted by Crippen LogP contribution is -2.73. The Bertz CT molecular complexity index is 891. The van der Waals surface area contributed by atoms with Gasteiger partial charge in [0, 0.05) is 30.1 Å². The molecule has 0 amide bonds. The molecule has 0 aromatic rings. The van der Waals surface area contributed by atoms with Gasteiger partial charge < -0.3 is 5.11 Å². The van der Waals surface area contributed by atoms with Crippen molar-refractivity contribution >= 4 is 11.6 Å². The summed E-state index contributed by atoms with van der Waals surface area (Å²) in [5, 5.41) is 12.2. The molecule has 5 aliphatic rings. The molecule has 3 heteroatoms. The molecular formula is C30H48O3. The molecule has 0 radical (unpaired) electrons. The van der Waals surface area contributed by atoms with Gasteiger partial charge in [-0.3, -0.25) is 9.59 Å². The summed E-state index contributed by atoms with van der Waals surface area (Å²) < 4.78 is 0. The largest absolute Gasteiger partial charge is 0.393 e. The van der Waals surface area contributed by atoms with Gasteiger partial charge in [-0.05, 0) is 83.9 Å². The Balaban J connectivity index is 1.64. The van der Waals surface area contributed by atoms with E-state index in [1.807, 2.05) is 0 Å². The van der Waals surface area contributed by atoms with Crippen LogP contribution in [0.15, 0.2) is 0 Å². The molecule has 0 bridgehead atoms. The van der Waals surface area contributed by atoms with E-state index in [0.29, 0.717) is 48.1 Å². The highest BCUT2D eigenvalue weighted by Gasteiger charge is 2.75. The highest BCUT2D eigenvalue weighted by molar-refractivity contribution is 5.88. The zero-order valence-corrected chi connectivity index (χ0v) is 22.5. The molecule has 5 fully saturated rings. The molecule has 1 N–H and O–H groups in total. The minimum absolute atomic E-state index is 0.00790. The molecule has 3 nitrogen and oxygen atoms in total. The molecule has 0 heterocycles. The summed E-state index contributed by atoms with van der Waals surface area (Å²) in [6, 6.07) is 0. The Morgan fingerprint density at radius 3 is 2.09 bits per heavy atom. The third-order valence-corrected chi connectivity index (χ3v) is 13.4. The van der Waals surface area contributed by atoms with Gasteiger partial charge >= 0.3 is 0 Å². The van der Waals surface area contributed by atoms with E-state index in [1.165, 1.54) is 19.3 Å². The molecule has 186 valence electrons. The number of ketones is 2. The van der Waals surface area contributed by atoms with Crippen molar-refractivity contribution in [1.29, 1.82) is 0 Å². The number of hydrogen-bond acceptors (Lipinski definition) is 3. The predicted octanol–water partition coefficient (Wildman–Crippen LogP) is 6.61. The third-order valence-electron chi connectivity index (χ3n) is 13.4. The quantitative estimate of drug-likeness (QED) is 0.446. The molecule has 0 aliphatic heterocycles. The molecule has 10 atom stereocenters. The van der Waals surface area contributed by atoms with Crippen molar-refractivity contribution in [2.45, 2.75) is 119 Å². The lowest BCUT2D eigenvalue weighted by atomic mass is 9.29. The lowest BCUT2D eigenvalue weighted by Gasteiger charge is -2.75. The fourth-order valence-electron chi connectivity index (χ4n) is 11.1. The van der Waals surface area contributed by atoms with E-state index in [0.717, 1.165) is 19.3 Å². The molecule has 0 aromatic heterocycles. The van der Waals surface area contributed by atoms with Crippen LogP contribution in [0.1, 0.15) is 113 Å². The summed E-state index contributed by atoms with van der Waals surface area (Å²) in [5.74, 6) is 1.41. The third kappa shape index (κ3) is 2.78. The Morgan fingerprint density at radius 1 is 0.788 bits per heavy atom. The maximum Gasteiger partial charge on any atom is 0.137 e. The van der Waals surface area contributed by atoms with Gasteiger partial charge in [-0.2, -0.15) is 0 Å². The first-order valence-corrected chi connectivity index (χ1v) is 13.8. The van der Waals surface area contributed by atoms with Crippen LogP contribution in [0.3, 0.4) is 0 Å². The smallest absolute Gasteiger partial charge is 0.137 e. The minimum atomic E-state index is -0.398. The van der Waals surface area contributed by atoms with Crippen molar-refractivity contribution in [3.8, 4) is 0 Å². The average molecular weight is 457 g/mol. The Labute approximate surface area is 201 Å². The lowest BCUT2D eigenvalue weighted by molar-refractivity contribution is -0.281. The highest BCUT2D eigenvalue weighted by Crippen LogP contribution is 2.77. The van der Waals surface area contributed by atoms with E-state index in [-0.39, 0.29) is 38.9 Å². The van der Waals surface area contributed by atoms with Gasteiger partial charge in [-0.25, -0.2) is 0 Å². The number of carbonyl (C=O) groups excluding carboxylic acids is 2. The number of aliphatic hydroxyl groups excluding tert-OH is 1. The SMILES string of the molecule is C[C@H]1C(=O)CC[C@@H]2[C@]1(C)CC(=O)[C@H]1[C@@]2(C)C[C@H](O)[C@@]2(C)[C@@H]3CC(C)(C)CC[C@]3(C)CC[C@]12C. The number of hydrogen-bond donors (Lipinski definition) is 1. The van der Waals surface area contributed by atoms with Crippen molar-refractivity contribution in [1.82, 2.24) is 0 Å². The summed E-state index contributed by atoms with van der Waals surface area (Å²) >= 11 is 0. The molecule has 33 heavy (non-hydrogen) atoms. The molecular weight excluding hydrogens is 408 g/mol. The van der Waals surface area contributed by atoms with Crippen molar-refractivity contribution in [3.63, 3.8) is 0 Å². The van der Waals surface area contributed by atoms with Crippen molar-refractivity contribution in [2.75, 3.05) is 0 Å². The molecule has 5 rings (SSSR count). The fourth-order valence-corrected chi connectivity index (χ4v) is 11.1. The van der Waals surface area contributed by atoms with Crippen LogP contribution in [0.5, 0.6) is 0 Å². The first-order chi connectivity index (χ1) is 15.1. The summed E-state index contributed by atoms with van der Waals surface area (Å²) in [5.41, 5.74) is -0.389. The van der Waals surface area contributed by atoms with Gasteiger partial charge in [-0.15, -0.1) is 0 Å². The highest BCUT2D eigenvalue weighted by atomic mass is 16.3. The van der Waals surface area contributed by atoms with E-state index in [2.05, 4.69) is 55.4 Å². The first-order valence-electron chi connectivity index (χ1n) is 13.8. The standard InChI is InChI=1S/C30H48O3/c1-18-19(31)9-10-21-27(18,5)15-20(32)24-28(21,6)17-23(33)30(8)22-16-25(2,3)11-12-26(22,4)13-14-29(24,30)7/h18,21-24,33H,9-17H2,1-8H3/t18-,21+,22+,23-,24-,26+,27+,28-,29+,30+/m0/s1. The van der Waals surface area contributed by atoms with Gasteiger partial charge in [0.2, 0.25) is 0 Å². The van der Waals surface area contributed by atoms with E-state index < -0.39 is 6.10 Å². The Morgan fingerprint density at radius 2 is 1.42 bits per heavy atom. The second-order valence-corrected chi connectivity index (χ2v) is 15.4. The number of carbonyl (C=O) groups is 2. The molecule has 5 aliphatic carbocycles. The van der Waals surface area contributed by atoms with E-state index in [4.69, 9.17) is 0 Å². The molecule has 0 aromatic carbocycles. The van der Waals surface area contributed by atoms with Gasteiger partial charge in [0.1, 0.15) is 11.6 Å². The molecule has 5 saturated carbocycles. The number of fused-ring (bicyclic) bond motifs is 7. The first kappa shape index (κ1) is 24.0. The molecule has 0 unspecified atom stereocenters. The Kier molecular flexibility index (Phi) is 4.90. The minimum Gasteiger partial charge on any atom is -0.393 e. The average Bonchev–Trinajstić information content (AvgIpc) is 2.69. The van der Waals surface area contributed by atoms with Crippen LogP contribution in [-0.4, -0.2) is 22.8 Å². The fraction of sp³-hybridized carbons (Fsp3) is 0.933. The summed E-state index contributed by atoms with van der Waals surface area (Å²) in [4.78, 5) is 27.0. The van der Waals surface area contributed by atoms with Crippen LogP contribution in [0.4, 0.5) is 0 Å². The topological polar surface area (TPSA) is 54.4 Å². The van der Waals surface area contributed by atoms with Gasteiger partial charge in [0.15, 0.2) is 0 Å². The zero-order valence-electron chi connectivity index (χ0n) is 22.5. The van der Waals surface area contributed by atoms with Gasteiger partial charge in [0.05, 0.1) is 6.10 Å². The van der Waals surface area contributed by atoms with Crippen LogP contribution in [0.25, 0.3) is 0 Å². The maximum atomic E-state index is 14.2. The predicted molar refractivity (Wildman–Crippen MR) is 132 cm³/mol. The van der Waals surface area contributed by atoms with Crippen LogP contribution < -0.4 is 0 Å². The number of aliphatic hydroxyl groups is 1. The van der Waals surface area contributed by atoms with Crippen molar-refractivity contribution < 1.29 is 14.7 Å².